The number of rotatable bonds is 5. The number of carbonyl (C=O) groups excluding carboxylic acids is 2. The summed E-state index contributed by atoms with van der Waals surface area (Å²) in [5.74, 6) is -8.38. The van der Waals surface area contributed by atoms with Crippen molar-refractivity contribution in [3.63, 3.8) is 0 Å². The number of carbonyl (C=O) groups is 2. The van der Waals surface area contributed by atoms with Crippen molar-refractivity contribution in [1.29, 1.82) is 0 Å². The number of benzene rings is 2. The van der Waals surface area contributed by atoms with E-state index < -0.39 is 48.2 Å². The van der Waals surface area contributed by atoms with Crippen LogP contribution in [-0.2, 0) is 9.59 Å². The lowest BCUT2D eigenvalue weighted by Crippen LogP contribution is -2.33. The van der Waals surface area contributed by atoms with Gasteiger partial charge in [-0.3, -0.25) is 19.0 Å². The molecular weight excluding hydrogens is 471 g/mol. The predicted molar refractivity (Wildman–Crippen MR) is 122 cm³/mol. The van der Waals surface area contributed by atoms with Crippen molar-refractivity contribution < 1.29 is 22.8 Å². The molecule has 176 valence electrons. The number of anilines is 2. The Labute approximate surface area is 197 Å². The van der Waals surface area contributed by atoms with Gasteiger partial charge in [0.05, 0.1) is 23.2 Å². The van der Waals surface area contributed by atoms with Crippen LogP contribution in [0.15, 0.2) is 71.7 Å². The third-order valence-corrected chi connectivity index (χ3v) is 5.87. The van der Waals surface area contributed by atoms with Crippen LogP contribution in [0.5, 0.6) is 0 Å². The Morgan fingerprint density at radius 3 is 2.21 bits per heavy atom. The van der Waals surface area contributed by atoms with Crippen LogP contribution >= 0.6 is 11.6 Å². The highest BCUT2D eigenvalue weighted by Crippen LogP contribution is 2.44. The van der Waals surface area contributed by atoms with Crippen LogP contribution in [0.25, 0.3) is 5.69 Å². The number of pyridine rings is 1. The second kappa shape index (κ2) is 9.34. The van der Waals surface area contributed by atoms with Gasteiger partial charge in [0.1, 0.15) is 5.82 Å². The molecule has 0 radical (unpaired) electrons. The standard InChI is InChI=1S/C24H19ClF3N3O3/c25-14-4-6-15(7-5-14)29-22(33)17-12-24(27,28)13-18(17)23(34)30-20-9-8-16(11-19(20)26)31-10-2-1-3-21(31)32/h1-11,17-18H,12-13H2,(H,29,33)(H,30,34)/t17-,18-/m0/s1. The van der Waals surface area contributed by atoms with E-state index >= 15 is 0 Å². The van der Waals surface area contributed by atoms with Gasteiger partial charge >= 0.3 is 0 Å². The third-order valence-electron chi connectivity index (χ3n) is 5.62. The topological polar surface area (TPSA) is 80.2 Å². The highest BCUT2D eigenvalue weighted by Gasteiger charge is 2.52. The van der Waals surface area contributed by atoms with Crippen molar-refractivity contribution >= 4 is 34.8 Å². The Morgan fingerprint density at radius 1 is 0.941 bits per heavy atom. The van der Waals surface area contributed by atoms with Gasteiger partial charge in [-0.2, -0.15) is 0 Å². The largest absolute Gasteiger partial charge is 0.326 e. The second-order valence-electron chi connectivity index (χ2n) is 8.04. The van der Waals surface area contributed by atoms with Crippen LogP contribution in [0, 0.1) is 17.7 Å². The molecule has 1 aliphatic rings. The molecular formula is C24H19ClF3N3O3. The Balaban J connectivity index is 1.51. The Bertz CT molecular complexity index is 1290. The zero-order valence-corrected chi connectivity index (χ0v) is 18.4. The van der Waals surface area contributed by atoms with E-state index in [1.165, 1.54) is 53.2 Å². The van der Waals surface area contributed by atoms with E-state index in [9.17, 15) is 27.6 Å². The van der Waals surface area contributed by atoms with Gasteiger partial charge in [0.2, 0.25) is 17.7 Å². The lowest BCUT2D eigenvalue weighted by atomic mass is 9.94. The molecule has 1 saturated carbocycles. The molecule has 0 spiro atoms. The summed E-state index contributed by atoms with van der Waals surface area (Å²) in [5, 5.41) is 5.27. The summed E-state index contributed by atoms with van der Waals surface area (Å²) in [6.07, 6.45) is -0.181. The van der Waals surface area contributed by atoms with Crippen molar-refractivity contribution in [2.75, 3.05) is 10.6 Å². The molecule has 3 aromatic rings. The number of amides is 2. The minimum atomic E-state index is -3.22. The van der Waals surface area contributed by atoms with Crippen molar-refractivity contribution in [3.05, 3.63) is 88.1 Å². The highest BCUT2D eigenvalue weighted by atomic mass is 35.5. The van der Waals surface area contributed by atoms with E-state index in [1.54, 1.807) is 12.1 Å². The molecule has 0 unspecified atom stereocenters. The van der Waals surface area contributed by atoms with E-state index in [4.69, 9.17) is 11.6 Å². The first-order valence-electron chi connectivity index (χ1n) is 10.4. The average molecular weight is 490 g/mol. The molecule has 2 atom stereocenters. The first-order valence-corrected chi connectivity index (χ1v) is 10.7. The molecule has 1 fully saturated rings. The minimum Gasteiger partial charge on any atom is -0.326 e. The van der Waals surface area contributed by atoms with Gasteiger partial charge < -0.3 is 10.6 Å². The van der Waals surface area contributed by atoms with Gasteiger partial charge in [-0.05, 0) is 42.5 Å². The third kappa shape index (κ3) is 5.14. The maximum absolute atomic E-state index is 14.7. The fourth-order valence-electron chi connectivity index (χ4n) is 3.95. The maximum Gasteiger partial charge on any atom is 0.255 e. The van der Waals surface area contributed by atoms with Gasteiger partial charge in [-0.15, -0.1) is 0 Å². The monoisotopic (exact) mass is 489 g/mol. The van der Waals surface area contributed by atoms with Crippen LogP contribution in [-0.4, -0.2) is 22.3 Å². The molecule has 0 saturated heterocycles. The molecule has 4 rings (SSSR count). The smallest absolute Gasteiger partial charge is 0.255 e. The van der Waals surface area contributed by atoms with Gasteiger partial charge in [-0.1, -0.05) is 17.7 Å². The van der Waals surface area contributed by atoms with E-state index in [0.717, 1.165) is 6.07 Å². The predicted octanol–water partition coefficient (Wildman–Crippen LogP) is 4.87. The van der Waals surface area contributed by atoms with Crippen molar-refractivity contribution in [2.45, 2.75) is 18.8 Å². The minimum absolute atomic E-state index is 0.230. The number of halogens is 4. The van der Waals surface area contributed by atoms with Crippen LogP contribution in [0.3, 0.4) is 0 Å². The molecule has 6 nitrogen and oxygen atoms in total. The van der Waals surface area contributed by atoms with Crippen molar-refractivity contribution in [1.82, 2.24) is 4.57 Å². The SMILES string of the molecule is O=C(Nc1ccc(Cl)cc1)[C@H]1CC(F)(F)C[C@@H]1C(=O)Nc1ccc(-n2ccccc2=O)cc1F. The van der Waals surface area contributed by atoms with Crippen LogP contribution in [0.1, 0.15) is 12.8 Å². The lowest BCUT2D eigenvalue weighted by Gasteiger charge is -2.18. The number of aromatic nitrogens is 1. The van der Waals surface area contributed by atoms with Crippen molar-refractivity contribution in [3.8, 4) is 5.69 Å². The zero-order chi connectivity index (χ0) is 24.5. The maximum atomic E-state index is 14.7. The molecule has 1 aromatic heterocycles. The van der Waals surface area contributed by atoms with Gasteiger partial charge in [0.25, 0.3) is 5.56 Å². The van der Waals surface area contributed by atoms with E-state index in [2.05, 4.69) is 10.6 Å². The zero-order valence-electron chi connectivity index (χ0n) is 17.6. The van der Waals surface area contributed by atoms with Gasteiger partial charge in [0.15, 0.2) is 0 Å². The fourth-order valence-corrected chi connectivity index (χ4v) is 4.08. The molecule has 1 aliphatic carbocycles. The summed E-state index contributed by atoms with van der Waals surface area (Å²) in [5.41, 5.74) is -0.0403. The number of hydrogen-bond acceptors (Lipinski definition) is 3. The molecule has 2 aromatic carbocycles. The molecule has 1 heterocycles. The second-order valence-corrected chi connectivity index (χ2v) is 8.47. The van der Waals surface area contributed by atoms with Crippen LogP contribution in [0.4, 0.5) is 24.5 Å². The summed E-state index contributed by atoms with van der Waals surface area (Å²) < 4.78 is 44.2. The number of alkyl halides is 2. The summed E-state index contributed by atoms with van der Waals surface area (Å²) in [6, 6.07) is 14.2. The van der Waals surface area contributed by atoms with E-state index in [1.807, 2.05) is 0 Å². The number of nitrogens with zero attached hydrogens (tertiary/aromatic N) is 1. The Hall–Kier alpha value is -3.59. The summed E-state index contributed by atoms with van der Waals surface area (Å²) in [4.78, 5) is 37.4. The van der Waals surface area contributed by atoms with Crippen LogP contribution < -0.4 is 16.2 Å². The summed E-state index contributed by atoms with van der Waals surface area (Å²) in [7, 11) is 0. The van der Waals surface area contributed by atoms with Crippen LogP contribution in [0.2, 0.25) is 5.02 Å². The highest BCUT2D eigenvalue weighted by molar-refractivity contribution is 6.30. The van der Waals surface area contributed by atoms with Crippen molar-refractivity contribution in [2.24, 2.45) is 11.8 Å². The number of nitrogens with one attached hydrogen (secondary N) is 2. The molecule has 0 bridgehead atoms. The Morgan fingerprint density at radius 2 is 1.59 bits per heavy atom. The first kappa shape index (κ1) is 23.6. The summed E-state index contributed by atoms with van der Waals surface area (Å²) in [6.45, 7) is 0. The molecule has 2 N–H and O–H groups in total. The van der Waals surface area contributed by atoms with Gasteiger partial charge in [-0.25, -0.2) is 13.2 Å². The fraction of sp³-hybridized carbons (Fsp3) is 0.208. The summed E-state index contributed by atoms with van der Waals surface area (Å²) >= 11 is 5.81. The van der Waals surface area contributed by atoms with Gasteiger partial charge in [0, 0.05) is 41.9 Å². The van der Waals surface area contributed by atoms with E-state index in [-0.39, 0.29) is 16.9 Å². The average Bonchev–Trinajstić information content (AvgIpc) is 3.13. The van der Waals surface area contributed by atoms with E-state index in [0.29, 0.717) is 10.7 Å². The molecule has 34 heavy (non-hydrogen) atoms. The molecule has 2 amide bonds. The lowest BCUT2D eigenvalue weighted by molar-refractivity contribution is -0.128. The quantitative estimate of drug-likeness (QED) is 0.536. The normalized spacial score (nSPS) is 18.9. The first-order chi connectivity index (χ1) is 16.1. The number of hydrogen-bond donors (Lipinski definition) is 2. The Kier molecular flexibility index (Phi) is 6.47. The molecule has 0 aliphatic heterocycles. The molecule has 10 heteroatoms.